The molecule has 3 aromatic heterocycles. The Morgan fingerprint density at radius 3 is 2.82 bits per heavy atom. The van der Waals surface area contributed by atoms with E-state index in [9.17, 15) is 9.59 Å². The highest BCUT2D eigenvalue weighted by Gasteiger charge is 2.14. The van der Waals surface area contributed by atoms with Crippen molar-refractivity contribution < 1.29 is 13.6 Å². The highest BCUT2D eigenvalue weighted by atomic mass is 32.1. The molecule has 0 spiro atoms. The first kappa shape index (κ1) is 17.9. The van der Waals surface area contributed by atoms with Gasteiger partial charge >= 0.3 is 5.76 Å². The van der Waals surface area contributed by atoms with Crippen molar-refractivity contribution >= 4 is 17.2 Å². The Bertz CT molecular complexity index is 1210. The van der Waals surface area contributed by atoms with Crippen LogP contribution in [0.5, 0.6) is 0 Å². The van der Waals surface area contributed by atoms with E-state index in [1.54, 1.807) is 12.1 Å². The molecule has 3 heterocycles. The smallest absolute Gasteiger partial charge is 0.437 e. The number of benzene rings is 1. The number of hydrogen-bond acceptors (Lipinski definition) is 6. The maximum atomic E-state index is 12.3. The molecule has 0 radical (unpaired) electrons. The minimum absolute atomic E-state index is 0.0216. The van der Waals surface area contributed by atoms with Crippen molar-refractivity contribution in [1.29, 1.82) is 0 Å². The van der Waals surface area contributed by atoms with Gasteiger partial charge in [-0.05, 0) is 24.6 Å². The van der Waals surface area contributed by atoms with Crippen molar-refractivity contribution in [3.05, 3.63) is 80.7 Å². The van der Waals surface area contributed by atoms with E-state index in [-0.39, 0.29) is 12.4 Å². The van der Waals surface area contributed by atoms with Gasteiger partial charge in [-0.25, -0.2) is 4.79 Å². The summed E-state index contributed by atoms with van der Waals surface area (Å²) in [5.74, 6) is -0.905. The van der Waals surface area contributed by atoms with Crippen LogP contribution in [0.15, 0.2) is 72.9 Å². The maximum absolute atomic E-state index is 12.3. The second-order valence-corrected chi connectivity index (χ2v) is 6.99. The van der Waals surface area contributed by atoms with E-state index in [4.69, 9.17) is 8.83 Å². The molecule has 1 aromatic carbocycles. The quantitative estimate of drug-likeness (QED) is 0.516. The molecule has 9 heteroatoms. The second kappa shape index (κ2) is 7.65. The second-order valence-electron chi connectivity index (χ2n) is 6.11. The normalized spacial score (nSPS) is 11.8. The van der Waals surface area contributed by atoms with Gasteiger partial charge in [0.2, 0.25) is 0 Å². The number of amides is 1. The van der Waals surface area contributed by atoms with Crippen LogP contribution < -0.4 is 10.6 Å². The molecule has 28 heavy (non-hydrogen) atoms. The van der Waals surface area contributed by atoms with Gasteiger partial charge in [0.05, 0.1) is 6.26 Å². The number of aromatic nitrogens is 3. The molecule has 0 saturated carbocycles. The lowest BCUT2D eigenvalue weighted by Gasteiger charge is -2.03. The molecule has 1 amide bonds. The highest BCUT2D eigenvalue weighted by Crippen LogP contribution is 2.14. The number of rotatable bonds is 5. The van der Waals surface area contributed by atoms with Crippen LogP contribution in [-0.4, -0.2) is 20.3 Å². The zero-order valence-corrected chi connectivity index (χ0v) is 15.8. The molecule has 0 bridgehead atoms. The predicted octanol–water partition coefficient (Wildman–Crippen LogP) is 2.44. The van der Waals surface area contributed by atoms with E-state index in [2.05, 4.69) is 10.1 Å². The van der Waals surface area contributed by atoms with Gasteiger partial charge in [-0.1, -0.05) is 29.8 Å². The van der Waals surface area contributed by atoms with Crippen molar-refractivity contribution in [2.24, 2.45) is 4.99 Å². The van der Waals surface area contributed by atoms with Crippen LogP contribution in [0.1, 0.15) is 11.1 Å². The van der Waals surface area contributed by atoms with E-state index >= 15 is 0 Å². The van der Waals surface area contributed by atoms with Gasteiger partial charge in [0.1, 0.15) is 6.54 Å². The molecule has 0 aliphatic heterocycles. The summed E-state index contributed by atoms with van der Waals surface area (Å²) >= 11 is 1.35. The third-order valence-corrected chi connectivity index (χ3v) is 4.77. The number of carbonyl (C=O) groups is 1. The zero-order chi connectivity index (χ0) is 19.5. The van der Waals surface area contributed by atoms with Gasteiger partial charge < -0.3 is 13.4 Å². The molecule has 0 atom stereocenters. The monoisotopic (exact) mass is 396 g/mol. The number of aryl methyl sites for hydroxylation is 1. The summed E-state index contributed by atoms with van der Waals surface area (Å²) in [7, 11) is 0. The van der Waals surface area contributed by atoms with Crippen molar-refractivity contribution in [3.8, 4) is 11.7 Å². The van der Waals surface area contributed by atoms with Crippen molar-refractivity contribution in [2.45, 2.75) is 20.0 Å². The Morgan fingerprint density at radius 2 is 2.07 bits per heavy atom. The van der Waals surface area contributed by atoms with Crippen molar-refractivity contribution in [1.82, 2.24) is 14.3 Å². The lowest BCUT2D eigenvalue weighted by atomic mass is 10.1. The van der Waals surface area contributed by atoms with Gasteiger partial charge in [-0.3, -0.25) is 4.79 Å². The molecule has 142 valence electrons. The third-order valence-electron chi connectivity index (χ3n) is 3.98. The first-order chi connectivity index (χ1) is 13.6. The summed E-state index contributed by atoms with van der Waals surface area (Å²) in [4.78, 5) is 28.9. The Morgan fingerprint density at radius 1 is 1.25 bits per heavy atom. The van der Waals surface area contributed by atoms with Gasteiger partial charge in [0.15, 0.2) is 10.6 Å². The van der Waals surface area contributed by atoms with Crippen LogP contribution >= 0.6 is 11.3 Å². The van der Waals surface area contributed by atoms with Crippen LogP contribution in [0.4, 0.5) is 0 Å². The summed E-state index contributed by atoms with van der Waals surface area (Å²) in [6.45, 7) is 2.32. The molecular weight excluding hydrogens is 380 g/mol. The van der Waals surface area contributed by atoms with Crippen LogP contribution in [0.25, 0.3) is 11.7 Å². The molecule has 0 aliphatic rings. The molecule has 4 rings (SSSR count). The molecule has 8 nitrogen and oxygen atoms in total. The highest BCUT2D eigenvalue weighted by molar-refractivity contribution is 7.07. The van der Waals surface area contributed by atoms with Crippen molar-refractivity contribution in [3.63, 3.8) is 0 Å². The average Bonchev–Trinajstić information content (AvgIpc) is 3.40. The summed E-state index contributed by atoms with van der Waals surface area (Å²) in [6, 6.07) is 11.4. The molecule has 0 aliphatic carbocycles. The van der Waals surface area contributed by atoms with Gasteiger partial charge in [0.25, 0.3) is 11.8 Å². The lowest BCUT2D eigenvalue weighted by Crippen LogP contribution is -2.23. The molecule has 4 aromatic rings. The van der Waals surface area contributed by atoms with E-state index in [1.165, 1.54) is 23.2 Å². The summed E-state index contributed by atoms with van der Waals surface area (Å²) in [5.41, 5.74) is 2.29. The zero-order valence-electron chi connectivity index (χ0n) is 14.9. The Hall–Kier alpha value is -3.46. The Balaban J connectivity index is 1.52. The van der Waals surface area contributed by atoms with Gasteiger partial charge in [0, 0.05) is 18.1 Å². The third kappa shape index (κ3) is 3.94. The number of carbonyl (C=O) groups excluding carboxylic acids is 1. The molecule has 0 N–H and O–H groups in total. The fraction of sp³-hybridized carbons (Fsp3) is 0.158. The van der Waals surface area contributed by atoms with Crippen molar-refractivity contribution in [2.75, 3.05) is 0 Å². The predicted molar refractivity (Wildman–Crippen MR) is 102 cm³/mol. The Kier molecular flexibility index (Phi) is 4.90. The van der Waals surface area contributed by atoms with E-state index < -0.39 is 11.7 Å². The fourth-order valence-electron chi connectivity index (χ4n) is 2.57. The lowest BCUT2D eigenvalue weighted by molar-refractivity contribution is -0.118. The van der Waals surface area contributed by atoms with Gasteiger partial charge in [-0.2, -0.15) is 9.67 Å². The number of hydrogen-bond donors (Lipinski definition) is 0. The average molecular weight is 396 g/mol. The minimum Gasteiger partial charge on any atom is -0.459 e. The largest absolute Gasteiger partial charge is 0.459 e. The van der Waals surface area contributed by atoms with E-state index in [0.29, 0.717) is 17.1 Å². The van der Waals surface area contributed by atoms with Crippen LogP contribution in [0.3, 0.4) is 0 Å². The molecule has 0 saturated heterocycles. The molecular formula is C19H16N4O4S. The number of nitrogens with zero attached hydrogens (tertiary/aromatic N) is 4. The molecule has 0 unspecified atom stereocenters. The number of furan rings is 1. The summed E-state index contributed by atoms with van der Waals surface area (Å²) < 4.78 is 13.0. The van der Waals surface area contributed by atoms with Gasteiger partial charge in [-0.15, -0.1) is 16.4 Å². The van der Waals surface area contributed by atoms with Crippen LogP contribution in [-0.2, 0) is 17.9 Å². The van der Waals surface area contributed by atoms with E-state index in [1.807, 2.05) is 47.3 Å². The number of thiazole rings is 1. The summed E-state index contributed by atoms with van der Waals surface area (Å²) in [5, 5.41) is 5.84. The minimum atomic E-state index is -0.742. The standard InChI is InChI=1S/C19H16N4O4S/c1-13-4-6-14(7-5-13)11-22-8-10-28-18(22)20-16(24)12-23-19(25)27-17(21-23)15-3-2-9-26-15/h2-10H,11-12H2,1H3. The fourth-order valence-corrected chi connectivity index (χ4v) is 3.32. The first-order valence-corrected chi connectivity index (χ1v) is 9.35. The Labute approximate surface area is 163 Å². The van der Waals surface area contributed by atoms with E-state index in [0.717, 1.165) is 10.2 Å². The first-order valence-electron chi connectivity index (χ1n) is 8.47. The van der Waals surface area contributed by atoms with Crippen LogP contribution in [0.2, 0.25) is 0 Å². The topological polar surface area (TPSA) is 95.5 Å². The van der Waals surface area contributed by atoms with Crippen LogP contribution in [0, 0.1) is 6.92 Å². The summed E-state index contributed by atoms with van der Waals surface area (Å²) in [6.07, 6.45) is 3.31. The molecule has 0 fully saturated rings. The SMILES string of the molecule is Cc1ccc(Cn2ccsc2=NC(=O)Cn2nc(-c3ccco3)oc2=O)cc1. The maximum Gasteiger partial charge on any atom is 0.437 e.